The van der Waals surface area contributed by atoms with Crippen LogP contribution >= 0.6 is 0 Å². The summed E-state index contributed by atoms with van der Waals surface area (Å²) in [7, 11) is 0. The molecule has 0 amide bonds. The van der Waals surface area contributed by atoms with Gasteiger partial charge >= 0.3 is 0 Å². The molecule has 0 bridgehead atoms. The van der Waals surface area contributed by atoms with Gasteiger partial charge in [-0.15, -0.1) is 0 Å². The molecule has 0 aliphatic carbocycles. The summed E-state index contributed by atoms with van der Waals surface area (Å²) in [6, 6.07) is 5.74. The maximum atomic E-state index is 8.81. The fraction of sp³-hybridized carbons (Fsp3) is 0.316. The molecule has 27 heavy (non-hydrogen) atoms. The molecule has 1 atom stereocenters. The molecule has 3 aromatic heterocycles. The summed E-state index contributed by atoms with van der Waals surface area (Å²) < 4.78 is 0. The van der Waals surface area contributed by atoms with Crippen molar-refractivity contribution in [1.29, 1.82) is 5.26 Å². The first-order valence-electron chi connectivity index (χ1n) is 8.98. The Morgan fingerprint density at radius 1 is 1.15 bits per heavy atom. The predicted molar refractivity (Wildman–Crippen MR) is 99.9 cm³/mol. The van der Waals surface area contributed by atoms with Crippen LogP contribution in [0.1, 0.15) is 42.3 Å². The first kappa shape index (κ1) is 17.1. The third kappa shape index (κ3) is 4.10. The smallest absolute Gasteiger partial charge is 0.148 e. The number of nitrogens with one attached hydrogen (secondary N) is 2. The van der Waals surface area contributed by atoms with Gasteiger partial charge in [-0.1, -0.05) is 6.42 Å². The van der Waals surface area contributed by atoms with E-state index >= 15 is 0 Å². The Balaban J connectivity index is 1.45. The molecule has 3 aromatic rings. The van der Waals surface area contributed by atoms with Gasteiger partial charge in [0.2, 0.25) is 0 Å². The zero-order valence-corrected chi connectivity index (χ0v) is 14.8. The van der Waals surface area contributed by atoms with E-state index in [0.717, 1.165) is 30.9 Å². The zero-order chi connectivity index (χ0) is 18.5. The fourth-order valence-corrected chi connectivity index (χ4v) is 3.37. The minimum Gasteiger partial charge on any atom is -0.338 e. The molecule has 8 heteroatoms. The quantitative estimate of drug-likeness (QED) is 0.720. The highest BCUT2D eigenvalue weighted by molar-refractivity contribution is 5.54. The molecule has 0 spiro atoms. The summed E-state index contributed by atoms with van der Waals surface area (Å²) in [4.78, 5) is 15.6. The van der Waals surface area contributed by atoms with Crippen molar-refractivity contribution in [3.05, 3.63) is 60.1 Å². The second-order valence-corrected chi connectivity index (χ2v) is 6.58. The van der Waals surface area contributed by atoms with Crippen molar-refractivity contribution in [2.45, 2.75) is 31.8 Å². The number of pyridine rings is 1. The highest BCUT2D eigenvalue weighted by Crippen LogP contribution is 2.31. The minimum atomic E-state index is 0.270. The molecule has 0 radical (unpaired) electrons. The highest BCUT2D eigenvalue weighted by atomic mass is 15.2. The van der Waals surface area contributed by atoms with Gasteiger partial charge in [0.05, 0.1) is 42.2 Å². The van der Waals surface area contributed by atoms with E-state index in [2.05, 4.69) is 35.4 Å². The Morgan fingerprint density at radius 2 is 2.11 bits per heavy atom. The zero-order valence-electron chi connectivity index (χ0n) is 14.8. The Bertz CT molecular complexity index is 896. The van der Waals surface area contributed by atoms with E-state index in [4.69, 9.17) is 5.26 Å². The summed E-state index contributed by atoms with van der Waals surface area (Å²) in [5, 5.41) is 18.9. The molecule has 1 aliphatic rings. The second-order valence-electron chi connectivity index (χ2n) is 6.58. The molecule has 8 nitrogen and oxygen atoms in total. The topological polar surface area (TPSA) is 106 Å². The predicted octanol–water partition coefficient (Wildman–Crippen LogP) is 2.94. The van der Waals surface area contributed by atoms with Gasteiger partial charge in [0.15, 0.2) is 0 Å². The van der Waals surface area contributed by atoms with E-state index in [1.165, 1.54) is 18.4 Å². The van der Waals surface area contributed by atoms with Crippen LogP contribution in [-0.2, 0) is 6.54 Å². The van der Waals surface area contributed by atoms with E-state index in [1.54, 1.807) is 24.5 Å². The highest BCUT2D eigenvalue weighted by Gasteiger charge is 2.25. The molecule has 1 saturated heterocycles. The van der Waals surface area contributed by atoms with Crippen molar-refractivity contribution in [3.63, 3.8) is 0 Å². The molecule has 4 rings (SSSR count). The normalized spacial score (nSPS) is 17.4. The average molecular weight is 360 g/mol. The van der Waals surface area contributed by atoms with Gasteiger partial charge in [-0.25, -0.2) is 9.97 Å². The number of rotatable bonds is 5. The maximum absolute atomic E-state index is 8.81. The van der Waals surface area contributed by atoms with Crippen molar-refractivity contribution in [2.24, 2.45) is 0 Å². The standard InChI is InChI=1S/C19H20N8/c20-7-15-4-5-16(10-21-15)26-19-12-22-17(11-23-19)18-3-1-2-6-27(18)13-14-8-24-25-9-14/h4-5,8-12,18H,1-3,6,13H2,(H,23,26)(H,24,25). The summed E-state index contributed by atoms with van der Waals surface area (Å²) in [5.74, 6) is 0.655. The van der Waals surface area contributed by atoms with Crippen LogP contribution in [0.15, 0.2) is 43.1 Å². The molecule has 4 heterocycles. The van der Waals surface area contributed by atoms with Gasteiger partial charge in [-0.3, -0.25) is 15.0 Å². The summed E-state index contributed by atoms with van der Waals surface area (Å²) in [6.07, 6.45) is 12.5. The molecular weight excluding hydrogens is 340 g/mol. The van der Waals surface area contributed by atoms with Gasteiger partial charge in [-0.05, 0) is 31.5 Å². The molecule has 1 unspecified atom stereocenters. The van der Waals surface area contributed by atoms with Crippen molar-refractivity contribution in [3.8, 4) is 6.07 Å². The third-order valence-electron chi connectivity index (χ3n) is 4.72. The lowest BCUT2D eigenvalue weighted by atomic mass is 9.99. The van der Waals surface area contributed by atoms with E-state index in [1.807, 2.05) is 24.7 Å². The molecule has 1 aliphatic heterocycles. The maximum Gasteiger partial charge on any atom is 0.148 e. The Kier molecular flexibility index (Phi) is 5.03. The Morgan fingerprint density at radius 3 is 2.81 bits per heavy atom. The number of likely N-dealkylation sites (tertiary alicyclic amines) is 1. The number of piperidine rings is 1. The second kappa shape index (κ2) is 7.93. The van der Waals surface area contributed by atoms with Crippen LogP contribution in [0, 0.1) is 11.3 Å². The van der Waals surface area contributed by atoms with Gasteiger partial charge < -0.3 is 5.32 Å². The number of H-pyrrole nitrogens is 1. The number of hydrogen-bond acceptors (Lipinski definition) is 7. The van der Waals surface area contributed by atoms with Crippen LogP contribution < -0.4 is 5.32 Å². The molecular formula is C19H20N8. The molecule has 2 N–H and O–H groups in total. The minimum absolute atomic E-state index is 0.270. The van der Waals surface area contributed by atoms with Crippen molar-refractivity contribution >= 4 is 11.5 Å². The lowest BCUT2D eigenvalue weighted by Gasteiger charge is -2.34. The van der Waals surface area contributed by atoms with Crippen LogP contribution in [-0.4, -0.2) is 36.6 Å². The van der Waals surface area contributed by atoms with Crippen LogP contribution in [0.5, 0.6) is 0 Å². The van der Waals surface area contributed by atoms with Crippen LogP contribution in [0.3, 0.4) is 0 Å². The van der Waals surface area contributed by atoms with Crippen LogP contribution in [0.2, 0.25) is 0 Å². The lowest BCUT2D eigenvalue weighted by Crippen LogP contribution is -2.33. The summed E-state index contributed by atoms with van der Waals surface area (Å²) in [6.45, 7) is 1.91. The first-order valence-corrected chi connectivity index (χ1v) is 8.98. The van der Waals surface area contributed by atoms with Gasteiger partial charge in [0.25, 0.3) is 0 Å². The number of hydrogen-bond donors (Lipinski definition) is 2. The van der Waals surface area contributed by atoms with Crippen LogP contribution in [0.25, 0.3) is 0 Å². The fourth-order valence-electron chi connectivity index (χ4n) is 3.37. The lowest BCUT2D eigenvalue weighted by molar-refractivity contribution is 0.137. The van der Waals surface area contributed by atoms with Crippen LogP contribution in [0.4, 0.5) is 11.5 Å². The monoisotopic (exact) mass is 360 g/mol. The van der Waals surface area contributed by atoms with Gasteiger partial charge in [0, 0.05) is 18.3 Å². The SMILES string of the molecule is N#Cc1ccc(Nc2cnc(C3CCCCN3Cc3cn[nH]c3)cn2)cn1. The summed E-state index contributed by atoms with van der Waals surface area (Å²) >= 11 is 0. The van der Waals surface area contributed by atoms with Gasteiger partial charge in [0.1, 0.15) is 17.6 Å². The molecule has 1 fully saturated rings. The number of aromatic nitrogens is 5. The summed E-state index contributed by atoms with van der Waals surface area (Å²) in [5.41, 5.74) is 3.33. The van der Waals surface area contributed by atoms with Gasteiger partial charge in [-0.2, -0.15) is 10.4 Å². The average Bonchev–Trinajstić information content (AvgIpc) is 3.23. The third-order valence-corrected chi connectivity index (χ3v) is 4.72. The molecule has 0 saturated carbocycles. The van der Waals surface area contributed by atoms with Crippen molar-refractivity contribution in [1.82, 2.24) is 30.0 Å². The van der Waals surface area contributed by atoms with E-state index < -0.39 is 0 Å². The largest absolute Gasteiger partial charge is 0.338 e. The Hall–Kier alpha value is -3.31. The molecule has 136 valence electrons. The first-order chi connectivity index (χ1) is 13.3. The number of aromatic amines is 1. The van der Waals surface area contributed by atoms with E-state index in [9.17, 15) is 0 Å². The van der Waals surface area contributed by atoms with Crippen molar-refractivity contribution in [2.75, 3.05) is 11.9 Å². The number of anilines is 2. The number of nitrogens with zero attached hydrogens (tertiary/aromatic N) is 6. The van der Waals surface area contributed by atoms with E-state index in [-0.39, 0.29) is 6.04 Å². The van der Waals surface area contributed by atoms with Crippen molar-refractivity contribution < 1.29 is 0 Å². The Labute approximate surface area is 157 Å². The molecule has 0 aromatic carbocycles. The van der Waals surface area contributed by atoms with E-state index in [0.29, 0.717) is 11.5 Å². The number of nitriles is 1.